The Hall–Kier alpha value is -2.78. The number of aromatic nitrogens is 2. The maximum Gasteiger partial charge on any atom is 0.418 e. The zero-order valence-electron chi connectivity index (χ0n) is 16.0. The summed E-state index contributed by atoms with van der Waals surface area (Å²) in [5, 5.41) is 10.1. The summed E-state index contributed by atoms with van der Waals surface area (Å²) in [6.07, 6.45) is -4.84. The lowest BCUT2D eigenvalue weighted by molar-refractivity contribution is -0.137. The molecule has 1 aromatic carbocycles. The molecule has 0 spiro atoms. The number of halogens is 3. The molecule has 3 aromatic rings. The van der Waals surface area contributed by atoms with Crippen LogP contribution in [0.5, 0.6) is 0 Å². The molecule has 2 aromatic heterocycles. The van der Waals surface area contributed by atoms with Crippen molar-refractivity contribution < 1.29 is 18.3 Å². The number of aliphatic hydroxyl groups is 1. The number of aryl methyl sites for hydroxylation is 1. The van der Waals surface area contributed by atoms with Crippen LogP contribution in [0.25, 0.3) is 11.3 Å². The Morgan fingerprint density at radius 1 is 1.03 bits per heavy atom. The number of aliphatic hydroxyl groups excluding tert-OH is 1. The second-order valence-corrected chi connectivity index (χ2v) is 7.83. The van der Waals surface area contributed by atoms with Crippen molar-refractivity contribution in [3.8, 4) is 11.3 Å². The molecule has 5 nitrogen and oxygen atoms in total. The molecule has 0 aliphatic carbocycles. The monoisotopic (exact) mass is 432 g/mol. The third-order valence-electron chi connectivity index (χ3n) is 4.76. The van der Waals surface area contributed by atoms with Gasteiger partial charge in [0.25, 0.3) is 0 Å². The summed E-state index contributed by atoms with van der Waals surface area (Å²) in [7, 11) is 0. The van der Waals surface area contributed by atoms with E-state index in [0.717, 1.165) is 11.9 Å². The molecule has 0 saturated carbocycles. The number of rotatable bonds is 5. The van der Waals surface area contributed by atoms with Crippen LogP contribution in [0, 0.1) is 6.92 Å². The predicted octanol–water partition coefficient (Wildman–Crippen LogP) is 4.77. The van der Waals surface area contributed by atoms with E-state index in [1.807, 2.05) is 17.0 Å². The maximum atomic E-state index is 13.5. The zero-order valence-corrected chi connectivity index (χ0v) is 16.8. The molecule has 0 bridgehead atoms. The highest BCUT2D eigenvalue weighted by Gasteiger charge is 2.35. The van der Waals surface area contributed by atoms with Gasteiger partial charge in [-0.15, -0.1) is 0 Å². The van der Waals surface area contributed by atoms with Gasteiger partial charge in [0.2, 0.25) is 0 Å². The molecule has 1 fully saturated rings. The van der Waals surface area contributed by atoms with Crippen LogP contribution in [0.15, 0.2) is 59.6 Å². The van der Waals surface area contributed by atoms with Crippen LogP contribution in [0.3, 0.4) is 0 Å². The number of benzene rings is 1. The average Bonchev–Trinajstić information content (AvgIpc) is 2.69. The zero-order chi connectivity index (χ0) is 21.3. The van der Waals surface area contributed by atoms with Crippen molar-refractivity contribution >= 4 is 23.6 Å². The molecule has 0 unspecified atom stereocenters. The van der Waals surface area contributed by atoms with Crippen molar-refractivity contribution in [1.29, 1.82) is 0 Å². The summed E-state index contributed by atoms with van der Waals surface area (Å²) in [6.45, 7) is 2.83. The van der Waals surface area contributed by atoms with Gasteiger partial charge in [-0.2, -0.15) is 13.2 Å². The van der Waals surface area contributed by atoms with E-state index in [-0.39, 0.29) is 11.8 Å². The molecule has 4 rings (SSSR count). The molecular weight excluding hydrogens is 413 g/mol. The van der Waals surface area contributed by atoms with E-state index in [4.69, 9.17) is 0 Å². The van der Waals surface area contributed by atoms with Crippen LogP contribution in [0.4, 0.5) is 24.8 Å². The first-order chi connectivity index (χ1) is 14.3. The number of alkyl halides is 3. The minimum absolute atomic E-state index is 0.109. The van der Waals surface area contributed by atoms with Gasteiger partial charge in [0, 0.05) is 30.6 Å². The molecule has 0 amide bonds. The van der Waals surface area contributed by atoms with Gasteiger partial charge >= 0.3 is 6.18 Å². The number of anilines is 2. The molecule has 1 saturated heterocycles. The first-order valence-electron chi connectivity index (χ1n) is 9.28. The Morgan fingerprint density at radius 3 is 2.50 bits per heavy atom. The van der Waals surface area contributed by atoms with Crippen LogP contribution in [-0.2, 0) is 6.18 Å². The van der Waals surface area contributed by atoms with E-state index >= 15 is 0 Å². The molecular formula is C21H19F3N4OS. The Labute approximate surface area is 176 Å². The number of hydrogen-bond acceptors (Lipinski definition) is 6. The second-order valence-electron chi connectivity index (χ2n) is 7.00. The van der Waals surface area contributed by atoms with Gasteiger partial charge in [0.05, 0.1) is 17.4 Å². The first-order valence-corrected chi connectivity index (χ1v) is 10.1. The van der Waals surface area contributed by atoms with Crippen LogP contribution >= 0.6 is 11.9 Å². The lowest BCUT2D eigenvalue weighted by Gasteiger charge is -2.36. The van der Waals surface area contributed by atoms with E-state index in [2.05, 4.69) is 14.7 Å². The van der Waals surface area contributed by atoms with Gasteiger partial charge in [-0.25, -0.2) is 9.97 Å². The Bertz CT molecular complexity index is 1050. The molecule has 3 heterocycles. The van der Waals surface area contributed by atoms with E-state index in [9.17, 15) is 18.3 Å². The fourth-order valence-electron chi connectivity index (χ4n) is 3.17. The lowest BCUT2D eigenvalue weighted by atomic mass is 10.0. The van der Waals surface area contributed by atoms with E-state index in [1.54, 1.807) is 37.3 Å². The van der Waals surface area contributed by atoms with E-state index < -0.39 is 11.7 Å². The van der Waals surface area contributed by atoms with Gasteiger partial charge < -0.3 is 14.7 Å². The van der Waals surface area contributed by atoms with Crippen LogP contribution < -0.4 is 9.62 Å². The number of hydrogen-bond donors (Lipinski definition) is 2. The largest absolute Gasteiger partial charge is 0.418 e. The lowest BCUT2D eigenvalue weighted by Crippen LogP contribution is -2.51. The Kier molecular flexibility index (Phi) is 5.57. The van der Waals surface area contributed by atoms with Crippen molar-refractivity contribution in [1.82, 2.24) is 9.97 Å². The van der Waals surface area contributed by atoms with Crippen molar-refractivity contribution in [2.75, 3.05) is 22.7 Å². The molecule has 156 valence electrons. The van der Waals surface area contributed by atoms with Gasteiger partial charge in [0.1, 0.15) is 16.7 Å². The first kappa shape index (κ1) is 20.5. The maximum absolute atomic E-state index is 13.5. The summed E-state index contributed by atoms with van der Waals surface area (Å²) in [4.78, 5) is 10.7. The summed E-state index contributed by atoms with van der Waals surface area (Å²) in [5.74, 6) is 1.05. The van der Waals surface area contributed by atoms with Gasteiger partial charge in [-0.3, -0.25) is 0 Å². The SMILES string of the molecule is Cc1ccccc1-c1nc(NSc2cccc(N3CC(O)C3)n2)ccc1C(F)(F)F. The molecule has 1 aliphatic heterocycles. The molecule has 1 aliphatic rings. The topological polar surface area (TPSA) is 61.3 Å². The second kappa shape index (κ2) is 8.16. The van der Waals surface area contributed by atoms with Crippen molar-refractivity contribution in [3.63, 3.8) is 0 Å². The van der Waals surface area contributed by atoms with Gasteiger partial charge in [-0.05, 0) is 36.8 Å². The van der Waals surface area contributed by atoms with E-state index in [1.165, 1.54) is 18.0 Å². The number of β-amino-alcohol motifs (C(OH)–C–C–N with tert-alkyl or cyclic N) is 1. The van der Waals surface area contributed by atoms with Crippen LogP contribution in [0.1, 0.15) is 11.1 Å². The smallest absolute Gasteiger partial charge is 0.389 e. The van der Waals surface area contributed by atoms with Crippen molar-refractivity contribution in [3.05, 3.63) is 65.7 Å². The third-order valence-corrected chi connectivity index (χ3v) is 5.50. The number of nitrogens with one attached hydrogen (secondary N) is 1. The highest BCUT2D eigenvalue weighted by atomic mass is 32.2. The number of pyridine rings is 2. The number of nitrogens with zero attached hydrogens (tertiary/aromatic N) is 3. The fourth-order valence-corrected chi connectivity index (χ4v) is 3.78. The molecule has 2 N–H and O–H groups in total. The molecule has 30 heavy (non-hydrogen) atoms. The average molecular weight is 432 g/mol. The van der Waals surface area contributed by atoms with Crippen molar-refractivity contribution in [2.24, 2.45) is 0 Å². The van der Waals surface area contributed by atoms with Gasteiger partial charge in [0.15, 0.2) is 0 Å². The molecule has 0 atom stereocenters. The third kappa shape index (κ3) is 4.36. The Morgan fingerprint density at radius 2 is 1.80 bits per heavy atom. The molecule has 9 heteroatoms. The summed E-state index contributed by atoms with van der Waals surface area (Å²) in [5.41, 5.74) is 0.271. The quantitative estimate of drug-likeness (QED) is 0.567. The van der Waals surface area contributed by atoms with Gasteiger partial charge in [-0.1, -0.05) is 30.3 Å². The summed E-state index contributed by atoms with van der Waals surface area (Å²) >= 11 is 1.17. The minimum atomic E-state index is -4.51. The summed E-state index contributed by atoms with van der Waals surface area (Å²) < 4.78 is 43.6. The predicted molar refractivity (Wildman–Crippen MR) is 111 cm³/mol. The Balaban J connectivity index is 1.58. The highest BCUT2D eigenvalue weighted by Crippen LogP contribution is 2.38. The van der Waals surface area contributed by atoms with E-state index in [0.29, 0.717) is 35.1 Å². The minimum Gasteiger partial charge on any atom is -0.389 e. The summed E-state index contributed by atoms with van der Waals surface area (Å²) in [6, 6.07) is 14.7. The van der Waals surface area contributed by atoms with Crippen LogP contribution in [0.2, 0.25) is 0 Å². The molecule has 0 radical (unpaired) electrons. The van der Waals surface area contributed by atoms with Crippen LogP contribution in [-0.4, -0.2) is 34.3 Å². The normalized spacial score (nSPS) is 14.5. The highest BCUT2D eigenvalue weighted by molar-refractivity contribution is 8.00. The standard InChI is InChI=1S/C21H19F3N4OS/c1-13-5-2-3-6-15(13)20-16(21(22,23)24)9-10-17(25-20)27-30-19-8-4-7-18(26-19)28-11-14(29)12-28/h2-10,14,29H,11-12H2,1H3,(H,25,27). The van der Waals surface area contributed by atoms with Crippen molar-refractivity contribution in [2.45, 2.75) is 24.2 Å². The fraction of sp³-hybridized carbons (Fsp3) is 0.238.